The van der Waals surface area contributed by atoms with Gasteiger partial charge in [-0.2, -0.15) is 0 Å². The highest BCUT2D eigenvalue weighted by Crippen LogP contribution is 2.25. The van der Waals surface area contributed by atoms with Crippen LogP contribution in [0.4, 0.5) is 5.69 Å². The Balaban J connectivity index is 1.57. The Hall–Kier alpha value is -2.35. The lowest BCUT2D eigenvalue weighted by Crippen LogP contribution is -2.19. The molecule has 2 heteroatoms. The predicted octanol–water partition coefficient (Wildman–Crippen LogP) is 3.81. The summed E-state index contributed by atoms with van der Waals surface area (Å²) < 4.78 is 0. The number of rotatable bonds is 2. The van der Waals surface area contributed by atoms with Crippen molar-refractivity contribution >= 4 is 16.6 Å². The van der Waals surface area contributed by atoms with Crippen LogP contribution in [0.2, 0.25) is 0 Å². The zero-order chi connectivity index (χ0) is 13.4. The van der Waals surface area contributed by atoms with Crippen molar-refractivity contribution in [3.8, 4) is 0 Å². The van der Waals surface area contributed by atoms with Crippen LogP contribution in [0.15, 0.2) is 60.8 Å². The van der Waals surface area contributed by atoms with Gasteiger partial charge in [-0.05, 0) is 48.2 Å². The van der Waals surface area contributed by atoms with E-state index < -0.39 is 0 Å². The second-order valence-electron chi connectivity index (χ2n) is 5.43. The van der Waals surface area contributed by atoms with Gasteiger partial charge in [0.1, 0.15) is 0 Å². The number of hydrogen-bond donors (Lipinski definition) is 1. The van der Waals surface area contributed by atoms with Crippen LogP contribution >= 0.6 is 0 Å². The smallest absolute Gasteiger partial charge is 0.0703 e. The van der Waals surface area contributed by atoms with Gasteiger partial charge in [-0.1, -0.05) is 30.3 Å². The van der Waals surface area contributed by atoms with E-state index in [1.54, 1.807) is 0 Å². The maximum absolute atomic E-state index is 4.36. The Morgan fingerprint density at radius 3 is 2.50 bits per heavy atom. The molecule has 0 bridgehead atoms. The molecule has 1 aliphatic carbocycles. The molecular weight excluding hydrogens is 244 g/mol. The van der Waals surface area contributed by atoms with Crippen molar-refractivity contribution in [2.24, 2.45) is 0 Å². The fraction of sp³-hybridized carbons (Fsp3) is 0.167. The summed E-state index contributed by atoms with van der Waals surface area (Å²) in [7, 11) is 0. The molecule has 0 saturated heterocycles. The number of nitrogens with zero attached hydrogens (tertiary/aromatic N) is 1. The molecule has 2 aromatic carbocycles. The molecule has 0 spiro atoms. The lowest BCUT2D eigenvalue weighted by atomic mass is 10.1. The van der Waals surface area contributed by atoms with Crippen LogP contribution in [-0.4, -0.2) is 11.0 Å². The first-order valence-electron chi connectivity index (χ1n) is 7.06. The van der Waals surface area contributed by atoms with Gasteiger partial charge < -0.3 is 5.32 Å². The van der Waals surface area contributed by atoms with Crippen molar-refractivity contribution in [1.29, 1.82) is 0 Å². The maximum Gasteiger partial charge on any atom is 0.0703 e. The minimum absolute atomic E-state index is 0.501. The van der Waals surface area contributed by atoms with Crippen LogP contribution in [0.5, 0.6) is 0 Å². The molecule has 0 unspecified atom stereocenters. The van der Waals surface area contributed by atoms with E-state index >= 15 is 0 Å². The molecule has 0 fully saturated rings. The molecule has 1 heterocycles. The molecule has 0 aliphatic heterocycles. The van der Waals surface area contributed by atoms with Crippen LogP contribution in [0, 0.1) is 0 Å². The highest BCUT2D eigenvalue weighted by atomic mass is 14.9. The van der Waals surface area contributed by atoms with E-state index in [9.17, 15) is 0 Å². The molecule has 0 amide bonds. The molecule has 0 saturated carbocycles. The zero-order valence-corrected chi connectivity index (χ0v) is 11.2. The summed E-state index contributed by atoms with van der Waals surface area (Å²) in [6, 6.07) is 19.7. The van der Waals surface area contributed by atoms with Crippen LogP contribution in [-0.2, 0) is 12.8 Å². The van der Waals surface area contributed by atoms with Gasteiger partial charge >= 0.3 is 0 Å². The zero-order valence-electron chi connectivity index (χ0n) is 11.2. The molecule has 1 aromatic heterocycles. The van der Waals surface area contributed by atoms with Crippen molar-refractivity contribution in [2.45, 2.75) is 18.9 Å². The lowest BCUT2D eigenvalue weighted by molar-refractivity contribution is 0.774. The summed E-state index contributed by atoms with van der Waals surface area (Å²) in [6.07, 6.45) is 4.06. The minimum atomic E-state index is 0.501. The third-order valence-corrected chi connectivity index (χ3v) is 4.02. The first-order valence-corrected chi connectivity index (χ1v) is 7.06. The molecule has 0 atom stereocenters. The predicted molar refractivity (Wildman–Crippen MR) is 83.0 cm³/mol. The van der Waals surface area contributed by atoms with Gasteiger partial charge in [0.15, 0.2) is 0 Å². The molecule has 0 radical (unpaired) electrons. The van der Waals surface area contributed by atoms with Gasteiger partial charge in [0, 0.05) is 23.3 Å². The van der Waals surface area contributed by atoms with E-state index in [0.29, 0.717) is 6.04 Å². The molecule has 4 rings (SSSR count). The van der Waals surface area contributed by atoms with Gasteiger partial charge in [0.25, 0.3) is 0 Å². The summed E-state index contributed by atoms with van der Waals surface area (Å²) in [5.41, 5.74) is 5.19. The van der Waals surface area contributed by atoms with E-state index in [1.165, 1.54) is 22.2 Å². The van der Waals surface area contributed by atoms with Crippen LogP contribution in [0.3, 0.4) is 0 Å². The van der Waals surface area contributed by atoms with E-state index in [4.69, 9.17) is 0 Å². The van der Waals surface area contributed by atoms with Crippen molar-refractivity contribution in [2.75, 3.05) is 5.32 Å². The molecular formula is C18H16N2. The fourth-order valence-electron chi connectivity index (χ4n) is 3.06. The second kappa shape index (κ2) is 4.64. The molecule has 2 nitrogen and oxygen atoms in total. The number of fused-ring (bicyclic) bond motifs is 2. The van der Waals surface area contributed by atoms with E-state index in [2.05, 4.69) is 58.8 Å². The van der Waals surface area contributed by atoms with E-state index in [-0.39, 0.29) is 0 Å². The van der Waals surface area contributed by atoms with Crippen molar-refractivity contribution in [1.82, 2.24) is 4.98 Å². The molecule has 3 aromatic rings. The number of hydrogen-bond acceptors (Lipinski definition) is 2. The summed E-state index contributed by atoms with van der Waals surface area (Å²) in [5.74, 6) is 0. The highest BCUT2D eigenvalue weighted by Gasteiger charge is 2.20. The Labute approximate surface area is 118 Å². The molecule has 20 heavy (non-hydrogen) atoms. The minimum Gasteiger partial charge on any atom is -0.382 e. The van der Waals surface area contributed by atoms with Gasteiger partial charge in [0.2, 0.25) is 0 Å². The van der Waals surface area contributed by atoms with Crippen LogP contribution < -0.4 is 5.32 Å². The summed E-state index contributed by atoms with van der Waals surface area (Å²) in [5, 5.41) is 4.84. The van der Waals surface area contributed by atoms with Gasteiger partial charge in [-0.3, -0.25) is 4.98 Å². The molecule has 1 aliphatic rings. The first kappa shape index (κ1) is 11.5. The van der Waals surface area contributed by atoms with Crippen LogP contribution in [0.1, 0.15) is 11.1 Å². The van der Waals surface area contributed by atoms with Crippen molar-refractivity contribution in [3.63, 3.8) is 0 Å². The third kappa shape index (κ3) is 2.03. The van der Waals surface area contributed by atoms with E-state index in [0.717, 1.165) is 18.4 Å². The average molecular weight is 260 g/mol. The topological polar surface area (TPSA) is 24.9 Å². The highest BCUT2D eigenvalue weighted by molar-refractivity contribution is 5.82. The normalized spacial score (nSPS) is 14.4. The standard InChI is InChI=1S/C18H16N2/c1-2-5-14-11-17(10-13(14)4-1)20-16-7-8-18-15(12-16)6-3-9-19-18/h1-9,12,17,20H,10-11H2. The number of benzene rings is 2. The maximum atomic E-state index is 4.36. The van der Waals surface area contributed by atoms with Crippen molar-refractivity contribution < 1.29 is 0 Å². The largest absolute Gasteiger partial charge is 0.382 e. The first-order chi connectivity index (χ1) is 9.88. The van der Waals surface area contributed by atoms with Crippen LogP contribution in [0.25, 0.3) is 10.9 Å². The number of pyridine rings is 1. The Morgan fingerprint density at radius 1 is 0.900 bits per heavy atom. The summed E-state index contributed by atoms with van der Waals surface area (Å²) in [6.45, 7) is 0. The summed E-state index contributed by atoms with van der Waals surface area (Å²) >= 11 is 0. The Morgan fingerprint density at radius 2 is 1.70 bits per heavy atom. The van der Waals surface area contributed by atoms with Crippen molar-refractivity contribution in [3.05, 3.63) is 71.9 Å². The van der Waals surface area contributed by atoms with Gasteiger partial charge in [0.05, 0.1) is 5.52 Å². The number of nitrogens with one attached hydrogen (secondary N) is 1. The SMILES string of the molecule is c1ccc2c(c1)CC(Nc1ccc3ncccc3c1)C2. The lowest BCUT2D eigenvalue weighted by Gasteiger charge is -2.14. The summed E-state index contributed by atoms with van der Waals surface area (Å²) in [4.78, 5) is 4.36. The van der Waals surface area contributed by atoms with Gasteiger partial charge in [-0.25, -0.2) is 0 Å². The number of aromatic nitrogens is 1. The van der Waals surface area contributed by atoms with E-state index in [1.807, 2.05) is 12.3 Å². The quantitative estimate of drug-likeness (QED) is 0.757. The Kier molecular flexibility index (Phi) is 2.66. The molecule has 98 valence electrons. The Bertz CT molecular complexity index is 739. The second-order valence-corrected chi connectivity index (χ2v) is 5.43. The van der Waals surface area contributed by atoms with Gasteiger partial charge in [-0.15, -0.1) is 0 Å². The number of anilines is 1. The average Bonchev–Trinajstić information content (AvgIpc) is 2.89. The third-order valence-electron chi connectivity index (χ3n) is 4.02. The molecule has 1 N–H and O–H groups in total. The fourth-order valence-corrected chi connectivity index (χ4v) is 3.06. The monoisotopic (exact) mass is 260 g/mol.